The van der Waals surface area contributed by atoms with Crippen molar-refractivity contribution in [3.05, 3.63) is 78.3 Å². The first-order chi connectivity index (χ1) is 22.2. The number of aliphatic hydroxyl groups is 2. The summed E-state index contributed by atoms with van der Waals surface area (Å²) in [5.41, 5.74) is -3.30. The molecule has 11 nitrogen and oxygen atoms in total. The van der Waals surface area contributed by atoms with Crippen molar-refractivity contribution in [3.8, 4) is 0 Å². The number of rotatable bonds is 5. The number of hydrogen-bond acceptors (Lipinski definition) is 11. The number of cyclic esters (lactones) is 1. The van der Waals surface area contributed by atoms with Crippen molar-refractivity contribution in [2.24, 2.45) is 28.1 Å². The van der Waals surface area contributed by atoms with Crippen LogP contribution in [0.5, 0.6) is 0 Å². The van der Waals surface area contributed by atoms with Gasteiger partial charge in [0.15, 0.2) is 11.9 Å². The van der Waals surface area contributed by atoms with Gasteiger partial charge in [0.2, 0.25) is 0 Å². The Morgan fingerprint density at radius 1 is 1.09 bits per heavy atom. The largest absolute Gasteiger partial charge is 0.472 e. The standard InChI is InChI=1S/C36H40O11/c1-19-22-16-33(4)28(21-14-15-43-18-21)45-24(38)17-35(19,33)47-30-25(39)29(44-23(37)13-12-20-10-8-7-9-11-20)32(2,3)27-26(31(40)42-6)46-36(22,41)34(27,30)5/h7-15,18,22,25-30,39,41H,1,16-17H2,2-6H3/b13-12+/t22-,25-,26+,27-,28-,29+,30-,33-,34+,35-,36+/m0/s1. The molecule has 2 aliphatic carbocycles. The molecule has 3 aliphatic heterocycles. The Labute approximate surface area is 272 Å². The zero-order valence-electron chi connectivity index (χ0n) is 27.0. The number of esters is 3. The fraction of sp³-hybridized carbons (Fsp3) is 0.528. The number of methoxy groups -OCH3 is 1. The van der Waals surface area contributed by atoms with Gasteiger partial charge >= 0.3 is 17.9 Å². The molecular formula is C36H40O11. The van der Waals surface area contributed by atoms with Gasteiger partial charge in [-0.25, -0.2) is 9.59 Å². The molecular weight excluding hydrogens is 608 g/mol. The summed E-state index contributed by atoms with van der Waals surface area (Å²) in [5, 5.41) is 25.3. The Kier molecular flexibility index (Phi) is 7.01. The predicted octanol–water partition coefficient (Wildman–Crippen LogP) is 3.90. The Morgan fingerprint density at radius 3 is 2.47 bits per heavy atom. The minimum atomic E-state index is -2.12. The lowest BCUT2D eigenvalue weighted by molar-refractivity contribution is -0.336. The molecule has 1 aromatic heterocycles. The van der Waals surface area contributed by atoms with E-state index >= 15 is 0 Å². The van der Waals surface area contributed by atoms with Crippen LogP contribution in [-0.2, 0) is 38.1 Å². The van der Waals surface area contributed by atoms with Gasteiger partial charge < -0.3 is 38.3 Å². The second-order valence-electron chi connectivity index (χ2n) is 14.6. The second-order valence-corrected chi connectivity index (χ2v) is 14.6. The summed E-state index contributed by atoms with van der Waals surface area (Å²) in [5.74, 6) is -5.85. The maximum absolute atomic E-state index is 13.5. The molecule has 0 unspecified atom stereocenters. The fourth-order valence-corrected chi connectivity index (χ4v) is 9.87. The lowest BCUT2D eigenvalue weighted by atomic mass is 9.49. The van der Waals surface area contributed by atoms with E-state index in [1.807, 2.05) is 37.3 Å². The molecule has 7 rings (SSSR count). The number of fused-ring (bicyclic) bond motifs is 2. The monoisotopic (exact) mass is 648 g/mol. The molecule has 1 aromatic carbocycles. The van der Waals surface area contributed by atoms with Crippen molar-refractivity contribution in [3.63, 3.8) is 0 Å². The van der Waals surface area contributed by atoms with E-state index in [-0.39, 0.29) is 12.8 Å². The molecule has 2 N–H and O–H groups in total. The Hall–Kier alpha value is -3.77. The van der Waals surface area contributed by atoms with Crippen molar-refractivity contribution in [2.45, 2.75) is 82.4 Å². The first kappa shape index (κ1) is 31.8. The molecule has 250 valence electrons. The molecule has 2 saturated carbocycles. The molecule has 3 saturated heterocycles. The van der Waals surface area contributed by atoms with Crippen LogP contribution in [-0.4, -0.2) is 71.0 Å². The molecule has 5 aliphatic rings. The van der Waals surface area contributed by atoms with Crippen molar-refractivity contribution < 1.29 is 52.7 Å². The Bertz CT molecular complexity index is 1650. The summed E-state index contributed by atoms with van der Waals surface area (Å²) in [6.45, 7) is 11.5. The lowest BCUT2D eigenvalue weighted by Crippen LogP contribution is -2.72. The van der Waals surface area contributed by atoms with Gasteiger partial charge in [0.25, 0.3) is 0 Å². The molecule has 1 spiro atoms. The van der Waals surface area contributed by atoms with Crippen LogP contribution in [0.4, 0.5) is 0 Å². The summed E-state index contributed by atoms with van der Waals surface area (Å²) < 4.78 is 36.0. The van der Waals surface area contributed by atoms with Gasteiger partial charge in [0.1, 0.15) is 23.9 Å². The second kappa shape index (κ2) is 10.4. The number of carbonyl (C=O) groups excluding carboxylic acids is 3. The summed E-state index contributed by atoms with van der Waals surface area (Å²) in [7, 11) is 1.23. The van der Waals surface area contributed by atoms with E-state index in [0.717, 1.165) is 5.56 Å². The van der Waals surface area contributed by atoms with Crippen molar-refractivity contribution in [1.82, 2.24) is 0 Å². The smallest absolute Gasteiger partial charge is 0.335 e. The highest BCUT2D eigenvalue weighted by molar-refractivity contribution is 5.87. The molecule has 2 bridgehead atoms. The number of aliphatic hydroxyl groups excluding tert-OH is 1. The maximum atomic E-state index is 13.5. The van der Waals surface area contributed by atoms with Crippen LogP contribution < -0.4 is 0 Å². The van der Waals surface area contributed by atoms with Gasteiger partial charge in [-0.3, -0.25) is 4.79 Å². The topological polar surface area (TPSA) is 151 Å². The average Bonchev–Trinajstić information content (AvgIpc) is 3.70. The lowest BCUT2D eigenvalue weighted by Gasteiger charge is -2.61. The van der Waals surface area contributed by atoms with Crippen molar-refractivity contribution in [1.29, 1.82) is 0 Å². The summed E-state index contributed by atoms with van der Waals surface area (Å²) >= 11 is 0. The maximum Gasteiger partial charge on any atom is 0.335 e. The van der Waals surface area contributed by atoms with Crippen LogP contribution in [0.1, 0.15) is 57.8 Å². The highest BCUT2D eigenvalue weighted by Crippen LogP contribution is 2.76. The normalized spacial score (nSPS) is 43.1. The van der Waals surface area contributed by atoms with Crippen LogP contribution >= 0.6 is 0 Å². The van der Waals surface area contributed by atoms with Gasteiger partial charge in [-0.1, -0.05) is 64.6 Å². The van der Waals surface area contributed by atoms with Crippen LogP contribution in [0, 0.1) is 28.1 Å². The number of ether oxygens (including phenoxy) is 5. The van der Waals surface area contributed by atoms with Gasteiger partial charge in [-0.15, -0.1) is 0 Å². The van der Waals surface area contributed by atoms with Crippen molar-refractivity contribution >= 4 is 24.0 Å². The quantitative estimate of drug-likeness (QED) is 0.210. The number of hydrogen-bond donors (Lipinski definition) is 2. The Balaban J connectivity index is 1.37. The van der Waals surface area contributed by atoms with Gasteiger partial charge in [0.05, 0.1) is 37.6 Å². The van der Waals surface area contributed by atoms with Gasteiger partial charge in [-0.05, 0) is 29.7 Å². The van der Waals surface area contributed by atoms with Crippen molar-refractivity contribution in [2.75, 3.05) is 7.11 Å². The SMILES string of the molecule is C=C1[C@@H]2C[C@@]3(C)[C@H](c4ccoc4)OC(=O)C[C@]13O[C@H]1[C@@H](O)[C@@H](OC(=O)/C=C/c3ccccc3)C(C)(C)[C@@H]3[C@H](C(=O)OC)O[C@@]2(O)[C@@]13C. The third-order valence-corrected chi connectivity index (χ3v) is 12.0. The number of benzene rings is 1. The molecule has 4 heterocycles. The number of carbonyl (C=O) groups is 3. The van der Waals surface area contributed by atoms with E-state index in [1.165, 1.54) is 25.7 Å². The average molecular weight is 649 g/mol. The fourth-order valence-electron chi connectivity index (χ4n) is 9.87. The molecule has 0 radical (unpaired) electrons. The minimum absolute atomic E-state index is 0.216. The molecule has 2 aromatic rings. The first-order valence-corrected chi connectivity index (χ1v) is 15.8. The van der Waals surface area contributed by atoms with Crippen LogP contribution in [0.2, 0.25) is 0 Å². The van der Waals surface area contributed by atoms with E-state index in [4.69, 9.17) is 28.1 Å². The third kappa shape index (κ3) is 4.03. The number of furan rings is 1. The summed E-state index contributed by atoms with van der Waals surface area (Å²) in [4.78, 5) is 40.2. The zero-order chi connectivity index (χ0) is 33.7. The van der Waals surface area contributed by atoms with E-state index in [1.54, 1.807) is 32.9 Å². The molecule has 5 fully saturated rings. The van der Waals surface area contributed by atoms with E-state index in [9.17, 15) is 24.6 Å². The van der Waals surface area contributed by atoms with E-state index in [0.29, 0.717) is 11.1 Å². The van der Waals surface area contributed by atoms with Gasteiger partial charge in [-0.2, -0.15) is 0 Å². The highest BCUT2D eigenvalue weighted by atomic mass is 16.7. The van der Waals surface area contributed by atoms with Gasteiger partial charge in [0, 0.05) is 34.3 Å². The highest BCUT2D eigenvalue weighted by Gasteiger charge is 2.84. The van der Waals surface area contributed by atoms with Crippen LogP contribution in [0.15, 0.2) is 71.6 Å². The summed E-state index contributed by atoms with van der Waals surface area (Å²) in [6.07, 6.45) is -0.398. The van der Waals surface area contributed by atoms with Crippen LogP contribution in [0.25, 0.3) is 6.08 Å². The summed E-state index contributed by atoms with van der Waals surface area (Å²) in [6, 6.07) is 10.9. The molecule has 11 heteroatoms. The predicted molar refractivity (Wildman–Crippen MR) is 164 cm³/mol. The zero-order valence-corrected chi connectivity index (χ0v) is 27.0. The van der Waals surface area contributed by atoms with Crippen LogP contribution in [0.3, 0.4) is 0 Å². The third-order valence-electron chi connectivity index (χ3n) is 12.0. The molecule has 47 heavy (non-hydrogen) atoms. The van der Waals surface area contributed by atoms with E-state index < -0.39 is 87.9 Å². The minimum Gasteiger partial charge on any atom is -0.472 e. The molecule has 0 amide bonds. The molecule has 11 atom stereocenters. The van der Waals surface area contributed by atoms with E-state index in [2.05, 4.69) is 6.58 Å². The first-order valence-electron chi connectivity index (χ1n) is 15.8. The Morgan fingerprint density at radius 2 is 1.81 bits per heavy atom.